The van der Waals surface area contributed by atoms with Crippen LogP contribution in [0.25, 0.3) is 0 Å². The van der Waals surface area contributed by atoms with Crippen molar-refractivity contribution in [2.24, 2.45) is 4.99 Å². The molecule has 3 rings (SSSR count). The smallest absolute Gasteiger partial charge is 0.193 e. The van der Waals surface area contributed by atoms with Crippen LogP contribution in [-0.4, -0.2) is 55.0 Å². The van der Waals surface area contributed by atoms with Gasteiger partial charge in [-0.25, -0.2) is 0 Å². The van der Waals surface area contributed by atoms with Crippen molar-refractivity contribution in [1.29, 1.82) is 0 Å². The molecule has 1 N–H and O–H groups in total. The molecule has 4 nitrogen and oxygen atoms in total. The number of rotatable bonds is 4. The molecule has 116 valence electrons. The van der Waals surface area contributed by atoms with E-state index in [4.69, 9.17) is 0 Å². The molecular formula is C16H25IN4. The van der Waals surface area contributed by atoms with Crippen molar-refractivity contribution in [3.63, 3.8) is 0 Å². The lowest BCUT2D eigenvalue weighted by Crippen LogP contribution is -2.43. The van der Waals surface area contributed by atoms with Crippen molar-refractivity contribution in [3.05, 3.63) is 35.9 Å². The summed E-state index contributed by atoms with van der Waals surface area (Å²) in [6.07, 6.45) is 2.60. The Hall–Kier alpha value is -0.820. The predicted molar refractivity (Wildman–Crippen MR) is 98.2 cm³/mol. The van der Waals surface area contributed by atoms with Gasteiger partial charge >= 0.3 is 0 Å². The number of likely N-dealkylation sites (tertiary alicyclic amines) is 1. The lowest BCUT2D eigenvalue weighted by molar-refractivity contribution is 0.244. The molecule has 2 aliphatic rings. The van der Waals surface area contributed by atoms with Gasteiger partial charge in [-0.3, -0.25) is 9.89 Å². The molecule has 0 amide bonds. The number of likely N-dealkylation sites (N-methyl/N-ethyl adjacent to an activating group) is 1. The fraction of sp³-hybridized carbons (Fsp3) is 0.562. The molecule has 0 aliphatic carbocycles. The number of benzene rings is 1. The minimum atomic E-state index is 0. The molecule has 2 heterocycles. The third-order valence-corrected chi connectivity index (χ3v) is 4.28. The summed E-state index contributed by atoms with van der Waals surface area (Å²) in [5.74, 6) is 1.07. The van der Waals surface area contributed by atoms with Crippen molar-refractivity contribution in [2.75, 3.05) is 33.2 Å². The fourth-order valence-electron chi connectivity index (χ4n) is 3.08. The van der Waals surface area contributed by atoms with Crippen molar-refractivity contribution in [1.82, 2.24) is 15.1 Å². The Balaban J connectivity index is 0.00000161. The van der Waals surface area contributed by atoms with Crippen LogP contribution < -0.4 is 5.32 Å². The average molecular weight is 400 g/mol. The fourth-order valence-corrected chi connectivity index (χ4v) is 3.08. The average Bonchev–Trinajstić information content (AvgIpc) is 3.07. The summed E-state index contributed by atoms with van der Waals surface area (Å²) in [5, 5.41) is 3.52. The Morgan fingerprint density at radius 1 is 1.24 bits per heavy atom. The van der Waals surface area contributed by atoms with Crippen LogP contribution >= 0.6 is 24.0 Å². The van der Waals surface area contributed by atoms with Gasteiger partial charge in [0, 0.05) is 32.7 Å². The van der Waals surface area contributed by atoms with E-state index >= 15 is 0 Å². The molecule has 1 fully saturated rings. The first-order valence-corrected chi connectivity index (χ1v) is 7.60. The molecule has 1 saturated heterocycles. The molecule has 1 unspecified atom stereocenters. The molecule has 0 bridgehead atoms. The third kappa shape index (κ3) is 4.32. The minimum Gasteiger partial charge on any atom is -0.355 e. The van der Waals surface area contributed by atoms with Gasteiger partial charge in [-0.2, -0.15) is 0 Å². The highest BCUT2D eigenvalue weighted by Gasteiger charge is 2.25. The van der Waals surface area contributed by atoms with Crippen molar-refractivity contribution in [3.8, 4) is 0 Å². The summed E-state index contributed by atoms with van der Waals surface area (Å²) in [4.78, 5) is 9.30. The van der Waals surface area contributed by atoms with Gasteiger partial charge in [-0.15, -0.1) is 24.0 Å². The number of guanidine groups is 1. The highest BCUT2D eigenvalue weighted by Crippen LogP contribution is 2.19. The van der Waals surface area contributed by atoms with Crippen LogP contribution in [0, 0.1) is 0 Å². The number of nitrogens with one attached hydrogen (secondary N) is 1. The molecule has 1 aromatic rings. The van der Waals surface area contributed by atoms with Crippen LogP contribution in [0.15, 0.2) is 35.3 Å². The summed E-state index contributed by atoms with van der Waals surface area (Å²) >= 11 is 0. The van der Waals surface area contributed by atoms with E-state index in [9.17, 15) is 0 Å². The van der Waals surface area contributed by atoms with Crippen LogP contribution in [-0.2, 0) is 6.54 Å². The third-order valence-electron chi connectivity index (χ3n) is 4.28. The lowest BCUT2D eigenvalue weighted by Gasteiger charge is -2.26. The van der Waals surface area contributed by atoms with Crippen molar-refractivity contribution < 1.29 is 0 Å². The predicted octanol–water partition coefficient (Wildman–Crippen LogP) is 2.16. The Bertz CT molecular complexity index is 463. The normalized spacial score (nSPS) is 22.0. The van der Waals surface area contributed by atoms with E-state index in [1.54, 1.807) is 0 Å². The molecule has 1 aromatic carbocycles. The molecule has 5 heteroatoms. The second-order valence-electron chi connectivity index (χ2n) is 5.76. The molecule has 2 aliphatic heterocycles. The summed E-state index contributed by atoms with van der Waals surface area (Å²) in [5.41, 5.74) is 1.41. The number of halogens is 1. The first kappa shape index (κ1) is 16.5. The largest absolute Gasteiger partial charge is 0.355 e. The van der Waals surface area contributed by atoms with Crippen molar-refractivity contribution in [2.45, 2.75) is 25.4 Å². The van der Waals surface area contributed by atoms with Gasteiger partial charge in [0.2, 0.25) is 0 Å². The number of hydrogen-bond acceptors (Lipinski definition) is 4. The van der Waals surface area contributed by atoms with E-state index in [-0.39, 0.29) is 24.0 Å². The second kappa shape index (κ2) is 7.98. The first-order chi connectivity index (χ1) is 9.83. The van der Waals surface area contributed by atoms with Crippen molar-refractivity contribution >= 4 is 29.9 Å². The van der Waals surface area contributed by atoms with E-state index in [2.05, 4.69) is 57.5 Å². The maximum Gasteiger partial charge on any atom is 0.193 e. The first-order valence-electron chi connectivity index (χ1n) is 7.60. The van der Waals surface area contributed by atoms with Gasteiger partial charge in [0.15, 0.2) is 5.96 Å². The van der Waals surface area contributed by atoms with Gasteiger partial charge in [0.1, 0.15) is 0 Å². The Morgan fingerprint density at radius 3 is 2.76 bits per heavy atom. The van der Waals surface area contributed by atoms with Gasteiger partial charge in [-0.1, -0.05) is 30.3 Å². The zero-order valence-electron chi connectivity index (χ0n) is 12.7. The Morgan fingerprint density at radius 2 is 2.05 bits per heavy atom. The summed E-state index contributed by atoms with van der Waals surface area (Å²) < 4.78 is 0. The highest BCUT2D eigenvalue weighted by atomic mass is 127. The van der Waals surface area contributed by atoms with Crippen LogP contribution in [0.5, 0.6) is 0 Å². The SMILES string of the molecule is CN1CCN=C1NCC1CCCN1Cc1ccccc1.I. The maximum atomic E-state index is 4.50. The van der Waals surface area contributed by atoms with Crippen LogP contribution in [0.1, 0.15) is 18.4 Å². The Labute approximate surface area is 144 Å². The van der Waals surface area contributed by atoms with E-state index in [0.29, 0.717) is 6.04 Å². The van der Waals surface area contributed by atoms with Crippen LogP contribution in [0.3, 0.4) is 0 Å². The van der Waals surface area contributed by atoms with Gasteiger partial charge in [0.25, 0.3) is 0 Å². The zero-order chi connectivity index (χ0) is 13.8. The minimum absolute atomic E-state index is 0. The van der Waals surface area contributed by atoms with Crippen LogP contribution in [0.4, 0.5) is 0 Å². The number of nitrogens with zero attached hydrogens (tertiary/aromatic N) is 3. The molecule has 1 atom stereocenters. The highest BCUT2D eigenvalue weighted by molar-refractivity contribution is 14.0. The maximum absolute atomic E-state index is 4.50. The number of aliphatic imine (C=N–C) groups is 1. The van der Waals surface area contributed by atoms with E-state index in [1.165, 1.54) is 24.9 Å². The molecular weight excluding hydrogens is 375 g/mol. The molecule has 21 heavy (non-hydrogen) atoms. The van der Waals surface area contributed by atoms with Gasteiger partial charge in [-0.05, 0) is 24.9 Å². The lowest BCUT2D eigenvalue weighted by atomic mass is 10.2. The van der Waals surface area contributed by atoms with Gasteiger partial charge in [0.05, 0.1) is 6.54 Å². The molecule has 0 spiro atoms. The van der Waals surface area contributed by atoms with Crippen LogP contribution in [0.2, 0.25) is 0 Å². The molecule has 0 aromatic heterocycles. The van der Waals surface area contributed by atoms with E-state index in [0.717, 1.165) is 32.1 Å². The number of hydrogen-bond donors (Lipinski definition) is 1. The van der Waals surface area contributed by atoms with E-state index in [1.807, 2.05) is 0 Å². The summed E-state index contributed by atoms with van der Waals surface area (Å²) in [6, 6.07) is 11.4. The van der Waals surface area contributed by atoms with Gasteiger partial charge < -0.3 is 10.2 Å². The molecule has 0 radical (unpaired) electrons. The monoisotopic (exact) mass is 400 g/mol. The summed E-state index contributed by atoms with van der Waals surface area (Å²) in [7, 11) is 2.11. The molecule has 0 saturated carbocycles. The quantitative estimate of drug-likeness (QED) is 0.787. The zero-order valence-corrected chi connectivity index (χ0v) is 15.0. The Kier molecular flexibility index (Phi) is 6.29. The van der Waals surface area contributed by atoms with E-state index < -0.39 is 0 Å². The standard InChI is InChI=1S/C16H24N4.HI/c1-19-11-9-17-16(19)18-12-15-8-5-10-20(15)13-14-6-3-2-4-7-14;/h2-4,6-7,15H,5,8-13H2,1H3,(H,17,18);1H. The second-order valence-corrected chi connectivity index (χ2v) is 5.76. The topological polar surface area (TPSA) is 30.9 Å². The summed E-state index contributed by atoms with van der Waals surface area (Å²) in [6.45, 7) is 5.26.